The Morgan fingerprint density at radius 3 is 2.82 bits per heavy atom. The summed E-state index contributed by atoms with van der Waals surface area (Å²) in [6.07, 6.45) is 3.88. The van der Waals surface area contributed by atoms with Gasteiger partial charge in [0.05, 0.1) is 0 Å². The maximum atomic E-state index is 4.53. The first-order valence-corrected chi connectivity index (χ1v) is 10.7. The summed E-state index contributed by atoms with van der Waals surface area (Å²) < 4.78 is 2.17. The monoisotopic (exact) mass is 513 g/mol. The topological polar surface area (TPSA) is 45.5 Å². The van der Waals surface area contributed by atoms with Gasteiger partial charge in [-0.05, 0) is 24.0 Å². The molecule has 28 heavy (non-hydrogen) atoms. The lowest BCUT2D eigenvalue weighted by atomic mass is 10.1. The number of benzene rings is 1. The molecule has 1 aromatic heterocycles. The molecule has 1 aliphatic heterocycles. The molecule has 3 rings (SSSR count). The molecule has 1 N–H and O–H groups in total. The van der Waals surface area contributed by atoms with Crippen molar-refractivity contribution in [2.24, 2.45) is 10.9 Å². The number of imidazole rings is 1. The van der Waals surface area contributed by atoms with Crippen LogP contribution in [0.4, 0.5) is 0 Å². The van der Waals surface area contributed by atoms with Gasteiger partial charge in [-0.1, -0.05) is 38.1 Å². The number of nitrogens with zero attached hydrogens (tertiary/aromatic N) is 4. The average Bonchev–Trinajstić information content (AvgIpc) is 3.07. The van der Waals surface area contributed by atoms with Crippen molar-refractivity contribution in [3.05, 3.63) is 53.6 Å². The fourth-order valence-electron chi connectivity index (χ4n) is 3.39. The highest BCUT2D eigenvalue weighted by molar-refractivity contribution is 14.0. The van der Waals surface area contributed by atoms with E-state index in [1.807, 2.05) is 26.4 Å². The lowest BCUT2D eigenvalue weighted by molar-refractivity contribution is 0.380. The molecule has 0 amide bonds. The van der Waals surface area contributed by atoms with Crippen LogP contribution in [0.5, 0.6) is 0 Å². The summed E-state index contributed by atoms with van der Waals surface area (Å²) in [5.41, 5.74) is 2.57. The van der Waals surface area contributed by atoms with Gasteiger partial charge in [0, 0.05) is 56.6 Å². The molecule has 0 aliphatic carbocycles. The van der Waals surface area contributed by atoms with Crippen molar-refractivity contribution in [1.29, 1.82) is 0 Å². The van der Waals surface area contributed by atoms with Crippen molar-refractivity contribution in [2.45, 2.75) is 39.1 Å². The Labute approximate surface area is 190 Å². The van der Waals surface area contributed by atoms with Gasteiger partial charge in [-0.3, -0.25) is 4.99 Å². The third-order valence-corrected chi connectivity index (χ3v) is 6.61. The molecule has 2 aromatic rings. The maximum absolute atomic E-state index is 4.53. The molecule has 1 unspecified atom stereocenters. The van der Waals surface area contributed by atoms with Crippen molar-refractivity contribution in [2.75, 3.05) is 25.9 Å². The van der Waals surface area contributed by atoms with Gasteiger partial charge >= 0.3 is 0 Å². The second-order valence-electron chi connectivity index (χ2n) is 7.42. The zero-order chi connectivity index (χ0) is 19.2. The second-order valence-corrected chi connectivity index (χ2v) is 8.77. The first-order chi connectivity index (χ1) is 13.1. The third-order valence-electron chi connectivity index (χ3n) is 5.07. The van der Waals surface area contributed by atoms with Crippen LogP contribution in [-0.2, 0) is 13.1 Å². The Morgan fingerprint density at radius 1 is 1.36 bits per heavy atom. The highest BCUT2D eigenvalue weighted by Gasteiger charge is 2.24. The third kappa shape index (κ3) is 6.14. The van der Waals surface area contributed by atoms with Crippen molar-refractivity contribution in [3.63, 3.8) is 0 Å². The Morgan fingerprint density at radius 2 is 2.14 bits per heavy atom. The van der Waals surface area contributed by atoms with Crippen LogP contribution in [0.2, 0.25) is 0 Å². The number of aliphatic imine (C=N–C) groups is 1. The van der Waals surface area contributed by atoms with Crippen molar-refractivity contribution in [1.82, 2.24) is 19.8 Å². The van der Waals surface area contributed by atoms with Crippen LogP contribution in [0.3, 0.4) is 0 Å². The predicted octanol–water partition coefficient (Wildman–Crippen LogP) is 4.01. The maximum Gasteiger partial charge on any atom is 0.193 e. The minimum Gasteiger partial charge on any atom is -0.352 e. The van der Waals surface area contributed by atoms with Crippen molar-refractivity contribution < 1.29 is 0 Å². The van der Waals surface area contributed by atoms with Gasteiger partial charge in [-0.15, -0.1) is 24.0 Å². The van der Waals surface area contributed by atoms with Crippen LogP contribution in [0.25, 0.3) is 0 Å². The van der Waals surface area contributed by atoms with E-state index in [4.69, 9.17) is 0 Å². The molecular formula is C21H32IN5S. The van der Waals surface area contributed by atoms with E-state index in [2.05, 4.69) is 74.6 Å². The lowest BCUT2D eigenvalue weighted by Gasteiger charge is -2.36. The largest absolute Gasteiger partial charge is 0.352 e. The highest BCUT2D eigenvalue weighted by atomic mass is 127. The zero-order valence-electron chi connectivity index (χ0n) is 17.3. The average molecular weight is 513 g/mol. The molecule has 0 radical (unpaired) electrons. The van der Waals surface area contributed by atoms with E-state index in [1.165, 1.54) is 16.9 Å². The van der Waals surface area contributed by atoms with Gasteiger partial charge in [-0.2, -0.15) is 11.8 Å². The quantitative estimate of drug-likeness (QED) is 0.373. The van der Waals surface area contributed by atoms with E-state index in [9.17, 15) is 0 Å². The minimum atomic E-state index is 0. The molecule has 0 bridgehead atoms. The number of thioether (sulfide) groups is 1. The van der Waals surface area contributed by atoms with Crippen LogP contribution in [0.1, 0.15) is 30.8 Å². The van der Waals surface area contributed by atoms with Gasteiger partial charge in [0.15, 0.2) is 5.96 Å². The molecule has 1 atom stereocenters. The Balaban J connectivity index is 0.00000280. The molecular weight excluding hydrogens is 481 g/mol. The van der Waals surface area contributed by atoms with Crippen molar-refractivity contribution in [3.8, 4) is 0 Å². The van der Waals surface area contributed by atoms with E-state index in [-0.39, 0.29) is 24.0 Å². The van der Waals surface area contributed by atoms with Gasteiger partial charge in [-0.25, -0.2) is 4.98 Å². The van der Waals surface area contributed by atoms with Gasteiger partial charge < -0.3 is 14.8 Å². The Bertz CT molecular complexity index is 774. The van der Waals surface area contributed by atoms with Crippen LogP contribution in [0.15, 0.2) is 41.7 Å². The summed E-state index contributed by atoms with van der Waals surface area (Å²) in [6, 6.07) is 8.75. The minimum absolute atomic E-state index is 0. The van der Waals surface area contributed by atoms with Gasteiger partial charge in [0.25, 0.3) is 0 Å². The summed E-state index contributed by atoms with van der Waals surface area (Å²) in [5, 5.41) is 4.24. The number of nitrogens with one attached hydrogen (secondary N) is 1. The number of aryl methyl sites for hydroxylation is 1. The first-order valence-electron chi connectivity index (χ1n) is 9.69. The zero-order valence-corrected chi connectivity index (χ0v) is 20.4. The molecule has 1 aromatic carbocycles. The fraction of sp³-hybridized carbons (Fsp3) is 0.524. The fourth-order valence-corrected chi connectivity index (χ4v) is 4.69. The van der Waals surface area contributed by atoms with E-state index in [0.717, 1.165) is 38.0 Å². The number of hydrogen-bond donors (Lipinski definition) is 1. The lowest BCUT2D eigenvalue weighted by Crippen LogP contribution is -2.48. The molecule has 154 valence electrons. The SMILES string of the molecule is CN=C(NCc1cccc(Cn2ccnc2C)c1)N1CCSC(C(C)C)C1.I. The number of halogens is 1. The second kappa shape index (κ2) is 11.1. The predicted molar refractivity (Wildman–Crippen MR) is 131 cm³/mol. The molecule has 5 nitrogen and oxygen atoms in total. The summed E-state index contributed by atoms with van der Waals surface area (Å²) in [4.78, 5) is 11.2. The summed E-state index contributed by atoms with van der Waals surface area (Å²) >= 11 is 2.09. The first kappa shape index (κ1) is 23.1. The molecule has 0 spiro atoms. The van der Waals surface area contributed by atoms with Crippen molar-refractivity contribution >= 4 is 41.7 Å². The smallest absolute Gasteiger partial charge is 0.193 e. The van der Waals surface area contributed by atoms with Gasteiger partial charge in [0.1, 0.15) is 5.82 Å². The number of guanidine groups is 1. The molecule has 2 heterocycles. The summed E-state index contributed by atoms with van der Waals surface area (Å²) in [7, 11) is 1.88. The molecule has 0 saturated carbocycles. The van der Waals surface area contributed by atoms with E-state index >= 15 is 0 Å². The van der Waals surface area contributed by atoms with E-state index in [1.54, 1.807) is 0 Å². The standard InChI is InChI=1S/C21H31N5S.HI/c1-16(2)20-15-26(10-11-27-20)21(22-4)24-13-18-6-5-7-19(12-18)14-25-9-8-23-17(25)3;/h5-9,12,16,20H,10-11,13-15H2,1-4H3,(H,22,24);1H. The molecule has 1 fully saturated rings. The number of hydrogen-bond acceptors (Lipinski definition) is 3. The molecule has 1 aliphatic rings. The van der Waals surface area contributed by atoms with Crippen LogP contribution in [-0.4, -0.2) is 51.6 Å². The van der Waals surface area contributed by atoms with E-state index in [0.29, 0.717) is 11.2 Å². The molecule has 1 saturated heterocycles. The van der Waals surface area contributed by atoms with Crippen LogP contribution >= 0.6 is 35.7 Å². The number of rotatable bonds is 5. The summed E-state index contributed by atoms with van der Waals surface area (Å²) in [5.74, 6) is 3.92. The Kier molecular flexibility index (Phi) is 9.14. The summed E-state index contributed by atoms with van der Waals surface area (Å²) in [6.45, 7) is 10.4. The van der Waals surface area contributed by atoms with Crippen LogP contribution < -0.4 is 5.32 Å². The van der Waals surface area contributed by atoms with E-state index < -0.39 is 0 Å². The Hall–Kier alpha value is -1.22. The number of aromatic nitrogens is 2. The highest BCUT2D eigenvalue weighted by Crippen LogP contribution is 2.24. The van der Waals surface area contributed by atoms with Gasteiger partial charge in [0.2, 0.25) is 0 Å². The normalized spacial score (nSPS) is 17.5. The molecule has 7 heteroatoms. The van der Waals surface area contributed by atoms with Crippen LogP contribution in [0, 0.1) is 12.8 Å².